The number of nitrogens with zero attached hydrogens (tertiary/aromatic N) is 1. The molecule has 0 radical (unpaired) electrons. The first-order valence-corrected chi connectivity index (χ1v) is 6.36. The van der Waals surface area contributed by atoms with Crippen LogP contribution in [0.15, 0.2) is 30.5 Å². The first kappa shape index (κ1) is 12.5. The second-order valence-corrected chi connectivity index (χ2v) is 4.80. The summed E-state index contributed by atoms with van der Waals surface area (Å²) in [4.78, 5) is 38.5. The van der Waals surface area contributed by atoms with Crippen LogP contribution in [-0.2, 0) is 9.59 Å². The van der Waals surface area contributed by atoms with Crippen molar-refractivity contribution in [2.45, 2.75) is 18.8 Å². The number of imide groups is 1. The summed E-state index contributed by atoms with van der Waals surface area (Å²) in [6.07, 6.45) is 3.18. The van der Waals surface area contributed by atoms with Crippen LogP contribution in [0.4, 0.5) is 0 Å². The first-order chi connectivity index (χ1) is 9.69. The van der Waals surface area contributed by atoms with Gasteiger partial charge >= 0.3 is 0 Å². The zero-order valence-corrected chi connectivity index (χ0v) is 10.6. The van der Waals surface area contributed by atoms with Crippen LogP contribution in [0.3, 0.4) is 0 Å². The standard InChI is InChI=1S/C15H12N2O3/c18-8-10-6-9(7-13-11(10)2-1-5-16-13)12-3-4-14(19)17-15(12)20/h1-2,5-8,12H,3-4H2,(H,17,19,20). The lowest BCUT2D eigenvalue weighted by Gasteiger charge is -2.21. The molecule has 5 nitrogen and oxygen atoms in total. The topological polar surface area (TPSA) is 76.1 Å². The van der Waals surface area contributed by atoms with Gasteiger partial charge < -0.3 is 0 Å². The van der Waals surface area contributed by atoms with Gasteiger partial charge in [-0.2, -0.15) is 0 Å². The third-order valence-electron chi connectivity index (χ3n) is 3.54. The molecule has 1 N–H and O–H groups in total. The van der Waals surface area contributed by atoms with Crippen molar-refractivity contribution in [3.05, 3.63) is 41.6 Å². The zero-order chi connectivity index (χ0) is 14.1. The Morgan fingerprint density at radius 3 is 2.90 bits per heavy atom. The maximum Gasteiger partial charge on any atom is 0.234 e. The summed E-state index contributed by atoms with van der Waals surface area (Å²) in [5.41, 5.74) is 1.91. The number of rotatable bonds is 2. The van der Waals surface area contributed by atoms with Gasteiger partial charge in [0, 0.05) is 23.6 Å². The minimum atomic E-state index is -0.405. The van der Waals surface area contributed by atoms with Gasteiger partial charge in [0.15, 0.2) is 6.29 Å². The number of pyridine rings is 1. The molecule has 0 aliphatic carbocycles. The first-order valence-electron chi connectivity index (χ1n) is 6.36. The van der Waals surface area contributed by atoms with Gasteiger partial charge in [-0.1, -0.05) is 6.07 Å². The molecule has 1 aromatic heterocycles. The van der Waals surface area contributed by atoms with E-state index in [4.69, 9.17) is 0 Å². The average molecular weight is 268 g/mol. The van der Waals surface area contributed by atoms with E-state index in [1.807, 2.05) is 12.1 Å². The Morgan fingerprint density at radius 2 is 2.15 bits per heavy atom. The fourth-order valence-electron chi connectivity index (χ4n) is 2.54. The van der Waals surface area contributed by atoms with E-state index < -0.39 is 5.92 Å². The van der Waals surface area contributed by atoms with Crippen LogP contribution in [0.2, 0.25) is 0 Å². The smallest absolute Gasteiger partial charge is 0.234 e. The van der Waals surface area contributed by atoms with Gasteiger partial charge in [-0.15, -0.1) is 0 Å². The van der Waals surface area contributed by atoms with Crippen molar-refractivity contribution in [1.29, 1.82) is 0 Å². The Hall–Kier alpha value is -2.56. The molecule has 2 amide bonds. The largest absolute Gasteiger partial charge is 0.298 e. The van der Waals surface area contributed by atoms with E-state index in [1.54, 1.807) is 18.3 Å². The summed E-state index contributed by atoms with van der Waals surface area (Å²) in [6, 6.07) is 7.10. The Balaban J connectivity index is 2.10. The Kier molecular flexibility index (Phi) is 3.02. The van der Waals surface area contributed by atoms with Crippen LogP contribution < -0.4 is 5.32 Å². The van der Waals surface area contributed by atoms with Gasteiger partial charge in [0.2, 0.25) is 11.8 Å². The fourth-order valence-corrected chi connectivity index (χ4v) is 2.54. The molecule has 1 aliphatic heterocycles. The second-order valence-electron chi connectivity index (χ2n) is 4.80. The summed E-state index contributed by atoms with van der Waals surface area (Å²) in [7, 11) is 0. The van der Waals surface area contributed by atoms with Gasteiger partial charge in [-0.3, -0.25) is 24.7 Å². The normalized spacial score (nSPS) is 18.9. The predicted octanol–water partition coefficient (Wildman–Crippen LogP) is 1.57. The molecule has 5 heteroatoms. The number of aldehydes is 1. The number of amides is 2. The van der Waals surface area contributed by atoms with E-state index in [2.05, 4.69) is 10.3 Å². The molecule has 1 fully saturated rings. The highest BCUT2D eigenvalue weighted by atomic mass is 16.2. The van der Waals surface area contributed by atoms with Crippen LogP contribution in [0, 0.1) is 0 Å². The molecule has 0 saturated carbocycles. The minimum Gasteiger partial charge on any atom is -0.298 e. The Morgan fingerprint density at radius 1 is 1.30 bits per heavy atom. The lowest BCUT2D eigenvalue weighted by atomic mass is 9.88. The molecular weight excluding hydrogens is 256 g/mol. The number of piperidine rings is 1. The maximum absolute atomic E-state index is 11.9. The minimum absolute atomic E-state index is 0.249. The highest BCUT2D eigenvalue weighted by Crippen LogP contribution is 2.28. The molecule has 1 unspecified atom stereocenters. The van der Waals surface area contributed by atoms with E-state index in [-0.39, 0.29) is 11.8 Å². The monoisotopic (exact) mass is 268 g/mol. The lowest BCUT2D eigenvalue weighted by Crippen LogP contribution is -2.39. The molecule has 1 saturated heterocycles. The van der Waals surface area contributed by atoms with Crippen molar-refractivity contribution in [1.82, 2.24) is 10.3 Å². The van der Waals surface area contributed by atoms with Crippen LogP contribution in [0.1, 0.15) is 34.7 Å². The molecule has 0 bridgehead atoms. The number of carbonyl (C=O) groups is 3. The Bertz CT molecular complexity index is 724. The van der Waals surface area contributed by atoms with E-state index in [0.29, 0.717) is 23.9 Å². The number of carbonyl (C=O) groups excluding carboxylic acids is 3. The van der Waals surface area contributed by atoms with E-state index in [9.17, 15) is 14.4 Å². The quantitative estimate of drug-likeness (QED) is 0.662. The fraction of sp³-hybridized carbons (Fsp3) is 0.200. The maximum atomic E-state index is 11.9. The summed E-state index contributed by atoms with van der Waals surface area (Å²) in [5, 5.41) is 3.09. The SMILES string of the molecule is O=Cc1cc(C2CCC(=O)NC2=O)cc2ncccc12. The van der Waals surface area contributed by atoms with E-state index in [0.717, 1.165) is 17.2 Å². The van der Waals surface area contributed by atoms with Crippen molar-refractivity contribution >= 4 is 29.0 Å². The van der Waals surface area contributed by atoms with Crippen molar-refractivity contribution in [3.8, 4) is 0 Å². The number of aromatic nitrogens is 1. The van der Waals surface area contributed by atoms with Crippen LogP contribution in [0.5, 0.6) is 0 Å². The number of nitrogens with one attached hydrogen (secondary N) is 1. The van der Waals surface area contributed by atoms with Gasteiger partial charge in [0.25, 0.3) is 0 Å². The van der Waals surface area contributed by atoms with Crippen molar-refractivity contribution in [3.63, 3.8) is 0 Å². The molecule has 1 aromatic carbocycles. The summed E-state index contributed by atoms with van der Waals surface area (Å²) in [6.45, 7) is 0. The van der Waals surface area contributed by atoms with Crippen molar-refractivity contribution in [2.75, 3.05) is 0 Å². The van der Waals surface area contributed by atoms with Gasteiger partial charge in [0.05, 0.1) is 11.4 Å². The predicted molar refractivity (Wildman–Crippen MR) is 72.3 cm³/mol. The number of hydrogen-bond donors (Lipinski definition) is 1. The van der Waals surface area contributed by atoms with Gasteiger partial charge in [-0.05, 0) is 30.2 Å². The molecule has 2 heterocycles. The lowest BCUT2D eigenvalue weighted by molar-refractivity contribution is -0.134. The molecule has 20 heavy (non-hydrogen) atoms. The average Bonchev–Trinajstić information content (AvgIpc) is 2.46. The third-order valence-corrected chi connectivity index (χ3v) is 3.54. The van der Waals surface area contributed by atoms with Crippen LogP contribution in [0.25, 0.3) is 10.9 Å². The molecule has 1 aliphatic rings. The highest BCUT2D eigenvalue weighted by Gasteiger charge is 2.28. The molecule has 0 spiro atoms. The van der Waals surface area contributed by atoms with Crippen LogP contribution in [-0.4, -0.2) is 23.1 Å². The molecule has 3 rings (SSSR count). The van der Waals surface area contributed by atoms with Crippen molar-refractivity contribution < 1.29 is 14.4 Å². The summed E-state index contributed by atoms with van der Waals surface area (Å²) in [5.74, 6) is -0.966. The zero-order valence-electron chi connectivity index (χ0n) is 10.6. The molecule has 2 aromatic rings. The summed E-state index contributed by atoms with van der Waals surface area (Å²) < 4.78 is 0. The Labute approximate surface area is 115 Å². The highest BCUT2D eigenvalue weighted by molar-refractivity contribution is 6.02. The van der Waals surface area contributed by atoms with Crippen LogP contribution >= 0.6 is 0 Å². The van der Waals surface area contributed by atoms with Gasteiger partial charge in [-0.25, -0.2) is 0 Å². The molecule has 1 atom stereocenters. The van der Waals surface area contributed by atoms with E-state index >= 15 is 0 Å². The number of fused-ring (bicyclic) bond motifs is 1. The van der Waals surface area contributed by atoms with E-state index in [1.165, 1.54) is 0 Å². The third kappa shape index (κ3) is 2.07. The second kappa shape index (κ2) is 4.85. The number of benzene rings is 1. The molecular formula is C15H12N2O3. The van der Waals surface area contributed by atoms with Gasteiger partial charge in [0.1, 0.15) is 0 Å². The number of hydrogen-bond acceptors (Lipinski definition) is 4. The summed E-state index contributed by atoms with van der Waals surface area (Å²) >= 11 is 0. The molecule has 100 valence electrons. The van der Waals surface area contributed by atoms with Crippen molar-refractivity contribution in [2.24, 2.45) is 0 Å².